The van der Waals surface area contributed by atoms with E-state index in [4.69, 9.17) is 0 Å². The standard InChI is InChI=1S/C17H21N3O3S/c1-3-20(16-10-5-4-6-11-16)17(21)14-19(24(2,22)23)13-15-9-7-8-12-18-15/h4-12H,3,13-14H2,1-2H3. The van der Waals surface area contributed by atoms with E-state index in [2.05, 4.69) is 4.98 Å². The minimum absolute atomic E-state index is 0.0672. The van der Waals surface area contributed by atoms with E-state index in [0.29, 0.717) is 12.2 Å². The van der Waals surface area contributed by atoms with Gasteiger partial charge in [-0.25, -0.2) is 8.42 Å². The second kappa shape index (κ2) is 8.03. The molecule has 1 heterocycles. The molecule has 24 heavy (non-hydrogen) atoms. The van der Waals surface area contributed by atoms with Crippen LogP contribution in [0.25, 0.3) is 0 Å². The maximum absolute atomic E-state index is 12.6. The quantitative estimate of drug-likeness (QED) is 0.767. The van der Waals surface area contributed by atoms with E-state index in [9.17, 15) is 13.2 Å². The molecule has 0 saturated carbocycles. The molecule has 0 fully saturated rings. The number of carbonyl (C=O) groups excluding carboxylic acids is 1. The number of rotatable bonds is 7. The topological polar surface area (TPSA) is 70.6 Å². The number of carbonyl (C=O) groups is 1. The highest BCUT2D eigenvalue weighted by Gasteiger charge is 2.24. The number of nitrogens with zero attached hydrogens (tertiary/aromatic N) is 3. The first-order valence-electron chi connectivity index (χ1n) is 7.62. The predicted molar refractivity (Wildman–Crippen MR) is 94.0 cm³/mol. The van der Waals surface area contributed by atoms with Gasteiger partial charge in [-0.1, -0.05) is 24.3 Å². The molecule has 1 aromatic carbocycles. The molecule has 2 rings (SSSR count). The Morgan fingerprint density at radius 1 is 1.08 bits per heavy atom. The van der Waals surface area contributed by atoms with Crippen LogP contribution >= 0.6 is 0 Å². The first-order valence-corrected chi connectivity index (χ1v) is 9.47. The first kappa shape index (κ1) is 18.1. The normalized spacial score (nSPS) is 11.5. The van der Waals surface area contributed by atoms with Gasteiger partial charge in [-0.05, 0) is 31.2 Å². The number of hydrogen-bond donors (Lipinski definition) is 0. The zero-order valence-corrected chi connectivity index (χ0v) is 14.6. The molecule has 0 bridgehead atoms. The Kier molecular flexibility index (Phi) is 6.05. The van der Waals surface area contributed by atoms with E-state index in [1.54, 1.807) is 29.3 Å². The molecule has 0 N–H and O–H groups in total. The third kappa shape index (κ3) is 4.87. The molecule has 0 aliphatic carbocycles. The van der Waals surface area contributed by atoms with Crippen molar-refractivity contribution in [2.45, 2.75) is 13.5 Å². The summed E-state index contributed by atoms with van der Waals surface area (Å²) in [6.07, 6.45) is 2.70. The zero-order valence-electron chi connectivity index (χ0n) is 13.8. The minimum atomic E-state index is -3.54. The lowest BCUT2D eigenvalue weighted by atomic mass is 10.3. The van der Waals surface area contributed by atoms with Crippen molar-refractivity contribution >= 4 is 21.6 Å². The largest absolute Gasteiger partial charge is 0.312 e. The van der Waals surface area contributed by atoms with Crippen LogP contribution in [-0.2, 0) is 21.4 Å². The molecular weight excluding hydrogens is 326 g/mol. The van der Waals surface area contributed by atoms with Gasteiger partial charge >= 0.3 is 0 Å². The third-order valence-corrected chi connectivity index (χ3v) is 4.73. The fraction of sp³-hybridized carbons (Fsp3) is 0.294. The van der Waals surface area contributed by atoms with Crippen LogP contribution in [0, 0.1) is 0 Å². The van der Waals surface area contributed by atoms with Gasteiger partial charge in [0.25, 0.3) is 0 Å². The second-order valence-electron chi connectivity index (χ2n) is 5.33. The summed E-state index contributed by atoms with van der Waals surface area (Å²) in [4.78, 5) is 18.3. The molecular formula is C17H21N3O3S. The van der Waals surface area contributed by atoms with Crippen LogP contribution < -0.4 is 4.90 Å². The summed E-state index contributed by atoms with van der Waals surface area (Å²) in [6, 6.07) is 14.5. The maximum Gasteiger partial charge on any atom is 0.242 e. The highest BCUT2D eigenvalue weighted by Crippen LogP contribution is 2.15. The van der Waals surface area contributed by atoms with Gasteiger partial charge in [0, 0.05) is 18.4 Å². The van der Waals surface area contributed by atoms with Crippen molar-refractivity contribution in [1.29, 1.82) is 0 Å². The van der Waals surface area contributed by atoms with Crippen LogP contribution in [0.5, 0.6) is 0 Å². The van der Waals surface area contributed by atoms with Gasteiger partial charge < -0.3 is 4.90 Å². The van der Waals surface area contributed by atoms with Gasteiger partial charge in [0.2, 0.25) is 15.9 Å². The average molecular weight is 347 g/mol. The summed E-state index contributed by atoms with van der Waals surface area (Å²) in [5, 5.41) is 0. The van der Waals surface area contributed by atoms with Gasteiger partial charge in [0.1, 0.15) is 0 Å². The Bertz CT molecular complexity index is 764. The van der Waals surface area contributed by atoms with Crippen molar-refractivity contribution in [3.05, 3.63) is 60.4 Å². The number of para-hydroxylation sites is 1. The van der Waals surface area contributed by atoms with Gasteiger partial charge in [-0.3, -0.25) is 9.78 Å². The van der Waals surface area contributed by atoms with Crippen LogP contribution in [0.15, 0.2) is 54.7 Å². The number of benzene rings is 1. The lowest BCUT2D eigenvalue weighted by Gasteiger charge is -2.25. The highest BCUT2D eigenvalue weighted by molar-refractivity contribution is 7.88. The number of anilines is 1. The molecule has 6 nitrogen and oxygen atoms in total. The fourth-order valence-electron chi connectivity index (χ4n) is 2.31. The SMILES string of the molecule is CCN(C(=O)CN(Cc1ccccn1)S(C)(=O)=O)c1ccccc1. The van der Waals surface area contributed by atoms with Crippen LogP contribution in [0.2, 0.25) is 0 Å². The van der Waals surface area contributed by atoms with Gasteiger partial charge in [0.05, 0.1) is 25.0 Å². The van der Waals surface area contributed by atoms with Crippen molar-refractivity contribution < 1.29 is 13.2 Å². The van der Waals surface area contributed by atoms with Crippen LogP contribution in [0.3, 0.4) is 0 Å². The molecule has 0 radical (unpaired) electrons. The molecule has 0 saturated heterocycles. The number of amides is 1. The first-order chi connectivity index (χ1) is 11.4. The van der Waals surface area contributed by atoms with Crippen LogP contribution in [-0.4, -0.2) is 43.0 Å². The molecule has 0 atom stereocenters. The second-order valence-corrected chi connectivity index (χ2v) is 7.31. The molecule has 7 heteroatoms. The molecule has 0 spiro atoms. The smallest absolute Gasteiger partial charge is 0.242 e. The van der Waals surface area contributed by atoms with Gasteiger partial charge in [-0.2, -0.15) is 4.31 Å². The van der Waals surface area contributed by atoms with Crippen LogP contribution in [0.4, 0.5) is 5.69 Å². The molecule has 0 unspecified atom stereocenters. The fourth-order valence-corrected chi connectivity index (χ4v) is 3.02. The molecule has 2 aromatic rings. The van der Waals surface area contributed by atoms with E-state index < -0.39 is 10.0 Å². The molecule has 0 aliphatic heterocycles. The Balaban J connectivity index is 2.18. The van der Waals surface area contributed by atoms with Crippen molar-refractivity contribution in [2.24, 2.45) is 0 Å². The van der Waals surface area contributed by atoms with E-state index in [-0.39, 0.29) is 19.0 Å². The number of sulfonamides is 1. The van der Waals surface area contributed by atoms with Crippen LogP contribution in [0.1, 0.15) is 12.6 Å². The lowest BCUT2D eigenvalue weighted by Crippen LogP contribution is -2.42. The number of likely N-dealkylation sites (N-methyl/N-ethyl adjacent to an activating group) is 1. The van der Waals surface area contributed by atoms with E-state index in [1.807, 2.05) is 37.3 Å². The van der Waals surface area contributed by atoms with Crippen molar-refractivity contribution in [3.63, 3.8) is 0 Å². The minimum Gasteiger partial charge on any atom is -0.312 e. The summed E-state index contributed by atoms with van der Waals surface area (Å²) in [6.45, 7) is 2.16. The van der Waals surface area contributed by atoms with Gasteiger partial charge in [0.15, 0.2) is 0 Å². The molecule has 128 valence electrons. The van der Waals surface area contributed by atoms with E-state index in [0.717, 1.165) is 16.2 Å². The van der Waals surface area contributed by atoms with Crippen molar-refractivity contribution in [1.82, 2.24) is 9.29 Å². The molecule has 1 aromatic heterocycles. The lowest BCUT2D eigenvalue weighted by molar-refractivity contribution is -0.118. The Hall–Kier alpha value is -2.25. The Labute approximate surface area is 142 Å². The molecule has 1 amide bonds. The van der Waals surface area contributed by atoms with Crippen molar-refractivity contribution in [2.75, 3.05) is 24.2 Å². The average Bonchev–Trinajstić information content (AvgIpc) is 2.56. The van der Waals surface area contributed by atoms with E-state index >= 15 is 0 Å². The number of aromatic nitrogens is 1. The maximum atomic E-state index is 12.6. The Morgan fingerprint density at radius 2 is 1.75 bits per heavy atom. The number of pyridine rings is 1. The highest BCUT2D eigenvalue weighted by atomic mass is 32.2. The molecule has 0 aliphatic rings. The summed E-state index contributed by atoms with van der Waals surface area (Å²) < 4.78 is 25.2. The van der Waals surface area contributed by atoms with E-state index in [1.165, 1.54) is 0 Å². The zero-order chi connectivity index (χ0) is 17.6. The predicted octanol–water partition coefficient (Wildman–Crippen LogP) is 1.90. The summed E-state index contributed by atoms with van der Waals surface area (Å²) in [7, 11) is -3.54. The Morgan fingerprint density at radius 3 is 2.29 bits per heavy atom. The summed E-state index contributed by atoms with van der Waals surface area (Å²) >= 11 is 0. The monoisotopic (exact) mass is 347 g/mol. The summed E-state index contributed by atoms with van der Waals surface area (Å²) in [5.41, 5.74) is 1.34. The number of hydrogen-bond acceptors (Lipinski definition) is 4. The van der Waals surface area contributed by atoms with Crippen molar-refractivity contribution in [3.8, 4) is 0 Å². The summed E-state index contributed by atoms with van der Waals surface area (Å²) in [5.74, 6) is -0.273. The van der Waals surface area contributed by atoms with Gasteiger partial charge in [-0.15, -0.1) is 0 Å². The third-order valence-electron chi connectivity index (χ3n) is 3.53.